The van der Waals surface area contributed by atoms with Gasteiger partial charge in [0.2, 0.25) is 0 Å². The summed E-state index contributed by atoms with van der Waals surface area (Å²) in [7, 11) is 0. The molecule has 106 valence electrons. The van der Waals surface area contributed by atoms with Crippen LogP contribution >= 0.6 is 22.9 Å². The lowest BCUT2D eigenvalue weighted by Gasteiger charge is -2.01. The van der Waals surface area contributed by atoms with Crippen molar-refractivity contribution in [3.05, 3.63) is 65.8 Å². The molecule has 5 heteroatoms. The van der Waals surface area contributed by atoms with E-state index in [9.17, 15) is 0 Å². The Labute approximate surface area is 136 Å². The van der Waals surface area contributed by atoms with E-state index in [1.807, 2.05) is 54.6 Å². The Balaban J connectivity index is 1.86. The van der Waals surface area contributed by atoms with Crippen LogP contribution in [0.4, 0.5) is 0 Å². The van der Waals surface area contributed by atoms with Gasteiger partial charge in [0.05, 0.1) is 10.5 Å². The molecule has 0 spiro atoms. The molecule has 0 bridgehead atoms. The lowest BCUT2D eigenvalue weighted by molar-refractivity contribution is 1.10. The summed E-state index contributed by atoms with van der Waals surface area (Å²) in [5.41, 5.74) is 2.90. The SMILES string of the molecule is Clc1ccccc1-c1nnc(-c2cccc3ncccc23)s1. The topological polar surface area (TPSA) is 38.7 Å². The molecule has 0 saturated carbocycles. The minimum atomic E-state index is 0.685. The van der Waals surface area contributed by atoms with Gasteiger partial charge in [-0.2, -0.15) is 0 Å². The van der Waals surface area contributed by atoms with E-state index in [0.717, 1.165) is 32.0 Å². The predicted octanol–water partition coefficient (Wildman–Crippen LogP) is 5.07. The van der Waals surface area contributed by atoms with Crippen molar-refractivity contribution in [1.82, 2.24) is 15.2 Å². The van der Waals surface area contributed by atoms with Crippen molar-refractivity contribution in [1.29, 1.82) is 0 Å². The van der Waals surface area contributed by atoms with E-state index in [0.29, 0.717) is 5.02 Å². The average Bonchev–Trinajstić information content (AvgIpc) is 3.04. The van der Waals surface area contributed by atoms with E-state index in [1.165, 1.54) is 11.3 Å². The van der Waals surface area contributed by atoms with Crippen molar-refractivity contribution in [2.75, 3.05) is 0 Å². The number of fused-ring (bicyclic) bond motifs is 1. The molecular formula is C17H10ClN3S. The minimum Gasteiger partial charge on any atom is -0.256 e. The van der Waals surface area contributed by atoms with Crippen molar-refractivity contribution < 1.29 is 0 Å². The van der Waals surface area contributed by atoms with Gasteiger partial charge in [0.1, 0.15) is 10.0 Å². The molecule has 0 unspecified atom stereocenters. The Morgan fingerprint density at radius 1 is 0.773 bits per heavy atom. The van der Waals surface area contributed by atoms with E-state index in [-0.39, 0.29) is 0 Å². The largest absolute Gasteiger partial charge is 0.256 e. The zero-order chi connectivity index (χ0) is 14.9. The first-order valence-electron chi connectivity index (χ1n) is 6.75. The van der Waals surface area contributed by atoms with Crippen LogP contribution in [0.3, 0.4) is 0 Å². The number of aromatic nitrogens is 3. The predicted molar refractivity (Wildman–Crippen MR) is 91.1 cm³/mol. The molecule has 0 aliphatic heterocycles. The molecule has 2 aromatic heterocycles. The molecule has 0 aliphatic rings. The molecule has 3 nitrogen and oxygen atoms in total. The molecule has 0 N–H and O–H groups in total. The zero-order valence-electron chi connectivity index (χ0n) is 11.4. The van der Waals surface area contributed by atoms with Crippen molar-refractivity contribution in [3.63, 3.8) is 0 Å². The Morgan fingerprint density at radius 3 is 2.41 bits per heavy atom. The van der Waals surface area contributed by atoms with E-state index in [2.05, 4.69) is 15.2 Å². The molecule has 0 radical (unpaired) electrons. The molecule has 0 fully saturated rings. The third-order valence-electron chi connectivity index (χ3n) is 3.41. The lowest BCUT2D eigenvalue weighted by Crippen LogP contribution is -1.82. The highest BCUT2D eigenvalue weighted by Gasteiger charge is 2.13. The maximum Gasteiger partial charge on any atom is 0.149 e. The fraction of sp³-hybridized carbons (Fsp3) is 0. The Hall–Kier alpha value is -2.30. The fourth-order valence-electron chi connectivity index (χ4n) is 2.37. The summed E-state index contributed by atoms with van der Waals surface area (Å²) in [5, 5.41) is 12.1. The molecule has 0 amide bonds. The lowest BCUT2D eigenvalue weighted by atomic mass is 10.1. The summed E-state index contributed by atoms with van der Waals surface area (Å²) in [5.74, 6) is 0. The molecular weight excluding hydrogens is 314 g/mol. The molecule has 0 atom stereocenters. The summed E-state index contributed by atoms with van der Waals surface area (Å²) in [6, 6.07) is 17.7. The number of halogens is 1. The van der Waals surface area contributed by atoms with E-state index < -0.39 is 0 Å². The van der Waals surface area contributed by atoms with Crippen LogP contribution in [0, 0.1) is 0 Å². The quantitative estimate of drug-likeness (QED) is 0.516. The van der Waals surface area contributed by atoms with Gasteiger partial charge in [0.25, 0.3) is 0 Å². The first-order valence-corrected chi connectivity index (χ1v) is 7.95. The van der Waals surface area contributed by atoms with Crippen molar-refractivity contribution in [2.45, 2.75) is 0 Å². The molecule has 4 aromatic rings. The van der Waals surface area contributed by atoms with Crippen LogP contribution < -0.4 is 0 Å². The smallest absolute Gasteiger partial charge is 0.149 e. The number of benzene rings is 2. The average molecular weight is 324 g/mol. The fourth-order valence-corrected chi connectivity index (χ4v) is 3.57. The summed E-state index contributed by atoms with van der Waals surface area (Å²) < 4.78 is 0. The van der Waals surface area contributed by atoms with Gasteiger partial charge >= 0.3 is 0 Å². The van der Waals surface area contributed by atoms with Crippen LogP contribution in [0.2, 0.25) is 5.02 Å². The van der Waals surface area contributed by atoms with E-state index in [1.54, 1.807) is 6.20 Å². The number of rotatable bonds is 2. The second kappa shape index (κ2) is 5.48. The van der Waals surface area contributed by atoms with Gasteiger partial charge in [-0.05, 0) is 18.2 Å². The van der Waals surface area contributed by atoms with Crippen LogP contribution in [-0.2, 0) is 0 Å². The van der Waals surface area contributed by atoms with Gasteiger partial charge in [-0.15, -0.1) is 10.2 Å². The monoisotopic (exact) mass is 323 g/mol. The minimum absolute atomic E-state index is 0.685. The number of pyridine rings is 1. The zero-order valence-corrected chi connectivity index (χ0v) is 13.0. The van der Waals surface area contributed by atoms with Crippen molar-refractivity contribution >= 4 is 33.8 Å². The summed E-state index contributed by atoms with van der Waals surface area (Å²) in [6.45, 7) is 0. The summed E-state index contributed by atoms with van der Waals surface area (Å²) >= 11 is 7.77. The Kier molecular flexibility index (Phi) is 3.33. The summed E-state index contributed by atoms with van der Waals surface area (Å²) in [6.07, 6.45) is 1.79. The van der Waals surface area contributed by atoms with Crippen molar-refractivity contribution in [2.24, 2.45) is 0 Å². The highest BCUT2D eigenvalue weighted by molar-refractivity contribution is 7.18. The molecule has 0 aliphatic carbocycles. The third kappa shape index (κ3) is 2.26. The Bertz CT molecular complexity index is 959. The first-order chi connectivity index (χ1) is 10.8. The first kappa shape index (κ1) is 13.4. The molecule has 2 aromatic carbocycles. The second-order valence-electron chi connectivity index (χ2n) is 4.77. The maximum absolute atomic E-state index is 6.24. The Morgan fingerprint density at radius 2 is 1.55 bits per heavy atom. The summed E-state index contributed by atoms with van der Waals surface area (Å²) in [4.78, 5) is 4.38. The van der Waals surface area contributed by atoms with Gasteiger partial charge < -0.3 is 0 Å². The van der Waals surface area contributed by atoms with Crippen LogP contribution in [-0.4, -0.2) is 15.2 Å². The number of hydrogen-bond acceptors (Lipinski definition) is 4. The highest BCUT2D eigenvalue weighted by atomic mass is 35.5. The standard InChI is InChI=1S/C17H10ClN3S/c18-14-8-2-1-5-13(14)17-21-20-16(22-17)12-6-3-9-15-11(12)7-4-10-19-15/h1-10H. The maximum atomic E-state index is 6.24. The van der Waals surface area contributed by atoms with Crippen LogP contribution in [0.5, 0.6) is 0 Å². The molecule has 2 heterocycles. The normalized spacial score (nSPS) is 11.0. The van der Waals surface area contributed by atoms with Gasteiger partial charge in [-0.3, -0.25) is 4.98 Å². The van der Waals surface area contributed by atoms with Gasteiger partial charge in [-0.25, -0.2) is 0 Å². The van der Waals surface area contributed by atoms with E-state index in [4.69, 9.17) is 11.6 Å². The molecule has 0 saturated heterocycles. The molecule has 4 rings (SSSR count). The van der Waals surface area contributed by atoms with Crippen molar-refractivity contribution in [3.8, 4) is 21.1 Å². The van der Waals surface area contributed by atoms with Crippen LogP contribution in [0.1, 0.15) is 0 Å². The number of hydrogen-bond donors (Lipinski definition) is 0. The third-order valence-corrected chi connectivity index (χ3v) is 4.72. The van der Waals surface area contributed by atoms with Gasteiger partial charge in [0, 0.05) is 22.7 Å². The van der Waals surface area contributed by atoms with Crippen LogP contribution in [0.15, 0.2) is 60.8 Å². The van der Waals surface area contributed by atoms with Gasteiger partial charge in [0.15, 0.2) is 0 Å². The molecule has 22 heavy (non-hydrogen) atoms. The van der Waals surface area contributed by atoms with Crippen LogP contribution in [0.25, 0.3) is 32.0 Å². The second-order valence-corrected chi connectivity index (χ2v) is 6.15. The van der Waals surface area contributed by atoms with E-state index >= 15 is 0 Å². The highest BCUT2D eigenvalue weighted by Crippen LogP contribution is 2.35. The van der Waals surface area contributed by atoms with Gasteiger partial charge in [-0.1, -0.05) is 59.3 Å². The number of nitrogens with zero attached hydrogens (tertiary/aromatic N) is 3.